The second kappa shape index (κ2) is 8.86. The quantitative estimate of drug-likeness (QED) is 0.220. The largest absolute Gasteiger partial charge is 0.507 e. The summed E-state index contributed by atoms with van der Waals surface area (Å²) in [6, 6.07) is 8.87. The van der Waals surface area contributed by atoms with Gasteiger partial charge in [-0.1, -0.05) is 25.5 Å². The lowest BCUT2D eigenvalue weighted by Gasteiger charge is -2.20. The third kappa shape index (κ3) is 3.82. The molecule has 0 bridgehead atoms. The van der Waals surface area contributed by atoms with Crippen molar-refractivity contribution in [1.29, 1.82) is 0 Å². The fraction of sp³-hybridized carbons (Fsp3) is 0.167. The number of ether oxygens (including phenoxy) is 1. The average Bonchev–Trinajstić information content (AvgIpc) is 2.82. The molecule has 11 heteroatoms. The Hall–Kier alpha value is -4.80. The zero-order chi connectivity index (χ0) is 25.4. The van der Waals surface area contributed by atoms with E-state index in [1.54, 1.807) is 12.1 Å². The molecule has 0 heterocycles. The second-order valence-electron chi connectivity index (χ2n) is 7.79. The summed E-state index contributed by atoms with van der Waals surface area (Å²) in [5, 5.41) is 44.5. The number of rotatable bonds is 7. The first kappa shape index (κ1) is 23.4. The van der Waals surface area contributed by atoms with Crippen molar-refractivity contribution in [2.24, 2.45) is 0 Å². The fourth-order valence-electron chi connectivity index (χ4n) is 3.98. The van der Waals surface area contributed by atoms with Crippen molar-refractivity contribution in [1.82, 2.24) is 0 Å². The van der Waals surface area contributed by atoms with Crippen LogP contribution in [0.5, 0.6) is 17.2 Å². The standard InChI is InChI=1S/C24H18N2O9/c1-2-3-10-35-13-6-4-12(5-7-13)14-11-16(26(33)34)19-21(22(14)28)24(30)20-17(27)9-8-15(25(31)32)18(20)23(19)29/h4-9,11,27-28H,2-3,10H2,1H3. The van der Waals surface area contributed by atoms with Crippen molar-refractivity contribution in [2.75, 3.05) is 6.61 Å². The molecule has 11 nitrogen and oxygen atoms in total. The zero-order valence-corrected chi connectivity index (χ0v) is 18.3. The van der Waals surface area contributed by atoms with Gasteiger partial charge in [0.15, 0.2) is 0 Å². The number of phenols is 2. The van der Waals surface area contributed by atoms with E-state index in [-0.39, 0.29) is 5.56 Å². The number of hydrogen-bond acceptors (Lipinski definition) is 9. The number of fused-ring (bicyclic) bond motifs is 2. The Morgan fingerprint density at radius 1 is 0.829 bits per heavy atom. The lowest BCUT2D eigenvalue weighted by atomic mass is 9.80. The molecule has 0 aliphatic heterocycles. The summed E-state index contributed by atoms with van der Waals surface area (Å²) < 4.78 is 5.58. The summed E-state index contributed by atoms with van der Waals surface area (Å²) in [4.78, 5) is 48.0. The molecule has 2 N–H and O–H groups in total. The normalized spacial score (nSPS) is 12.1. The number of benzene rings is 3. The van der Waals surface area contributed by atoms with Crippen molar-refractivity contribution in [2.45, 2.75) is 19.8 Å². The first-order chi connectivity index (χ1) is 16.7. The molecule has 0 atom stereocenters. The van der Waals surface area contributed by atoms with E-state index in [9.17, 15) is 40.0 Å². The summed E-state index contributed by atoms with van der Waals surface area (Å²) in [5.41, 5.74) is -4.35. The Kier molecular flexibility index (Phi) is 5.91. The van der Waals surface area contributed by atoms with E-state index in [2.05, 4.69) is 0 Å². The Balaban J connectivity index is 1.92. The van der Waals surface area contributed by atoms with Crippen LogP contribution in [0.4, 0.5) is 11.4 Å². The maximum absolute atomic E-state index is 13.3. The first-order valence-corrected chi connectivity index (χ1v) is 10.5. The van der Waals surface area contributed by atoms with Gasteiger partial charge in [0.25, 0.3) is 11.4 Å². The number of nitrogens with zero attached hydrogens (tertiary/aromatic N) is 2. The maximum Gasteiger partial charge on any atom is 0.282 e. The van der Waals surface area contributed by atoms with Gasteiger partial charge in [-0.05, 0) is 30.2 Å². The van der Waals surface area contributed by atoms with Crippen LogP contribution in [0.15, 0.2) is 42.5 Å². The first-order valence-electron chi connectivity index (χ1n) is 10.5. The van der Waals surface area contributed by atoms with Gasteiger partial charge in [-0.3, -0.25) is 29.8 Å². The molecule has 0 fully saturated rings. The van der Waals surface area contributed by atoms with Gasteiger partial charge in [0.1, 0.15) is 28.4 Å². The van der Waals surface area contributed by atoms with Gasteiger partial charge < -0.3 is 14.9 Å². The highest BCUT2D eigenvalue weighted by atomic mass is 16.6. The van der Waals surface area contributed by atoms with E-state index in [0.29, 0.717) is 17.9 Å². The lowest BCUT2D eigenvalue weighted by molar-refractivity contribution is -0.385. The lowest BCUT2D eigenvalue weighted by Crippen LogP contribution is -2.24. The van der Waals surface area contributed by atoms with Crippen LogP contribution in [-0.2, 0) is 0 Å². The Morgan fingerprint density at radius 3 is 2.03 bits per heavy atom. The van der Waals surface area contributed by atoms with Crippen molar-refractivity contribution in [3.63, 3.8) is 0 Å². The molecule has 0 radical (unpaired) electrons. The Morgan fingerprint density at radius 2 is 1.43 bits per heavy atom. The predicted octanol–water partition coefficient (Wildman–Crippen LogP) is 4.54. The molecule has 1 aliphatic carbocycles. The van der Waals surface area contributed by atoms with Crippen LogP contribution in [0.1, 0.15) is 51.6 Å². The SMILES string of the molecule is CCCCOc1ccc(-c2cc([N+](=O)[O-])c3c(c2O)C(=O)c2c(O)ccc([N+](=O)[O-])c2C3=O)cc1. The number of carbonyl (C=O) groups excluding carboxylic acids is 2. The molecular formula is C24H18N2O9. The van der Waals surface area contributed by atoms with E-state index in [1.165, 1.54) is 12.1 Å². The van der Waals surface area contributed by atoms with E-state index in [0.717, 1.165) is 31.0 Å². The Bertz CT molecular complexity index is 1410. The number of unbranched alkanes of at least 4 members (excludes halogenated alkanes) is 1. The summed E-state index contributed by atoms with van der Waals surface area (Å²) in [5.74, 6) is -3.27. The van der Waals surface area contributed by atoms with Crippen molar-refractivity contribution >= 4 is 22.9 Å². The molecule has 0 aromatic heterocycles. The highest BCUT2D eigenvalue weighted by molar-refractivity contribution is 6.33. The van der Waals surface area contributed by atoms with Crippen molar-refractivity contribution < 1.29 is 34.4 Å². The molecule has 1 aliphatic rings. The average molecular weight is 478 g/mol. The fourth-order valence-corrected chi connectivity index (χ4v) is 3.98. The zero-order valence-electron chi connectivity index (χ0n) is 18.3. The number of aromatic hydroxyl groups is 2. The van der Waals surface area contributed by atoms with Crippen LogP contribution >= 0.6 is 0 Å². The van der Waals surface area contributed by atoms with Gasteiger partial charge in [0.05, 0.1) is 27.6 Å². The number of hydrogen-bond donors (Lipinski definition) is 2. The van der Waals surface area contributed by atoms with Gasteiger partial charge in [0.2, 0.25) is 11.6 Å². The highest BCUT2D eigenvalue weighted by Gasteiger charge is 2.44. The molecule has 0 spiro atoms. The van der Waals surface area contributed by atoms with E-state index >= 15 is 0 Å². The van der Waals surface area contributed by atoms with Crippen molar-refractivity contribution in [3.8, 4) is 28.4 Å². The minimum atomic E-state index is -1.22. The number of nitro groups is 2. The third-order valence-corrected chi connectivity index (χ3v) is 5.67. The second-order valence-corrected chi connectivity index (χ2v) is 7.79. The van der Waals surface area contributed by atoms with Gasteiger partial charge >= 0.3 is 0 Å². The molecule has 0 amide bonds. The van der Waals surface area contributed by atoms with Gasteiger partial charge in [-0.25, -0.2) is 0 Å². The van der Waals surface area contributed by atoms with E-state index < -0.39 is 66.5 Å². The third-order valence-electron chi connectivity index (χ3n) is 5.67. The molecule has 0 saturated carbocycles. The monoisotopic (exact) mass is 478 g/mol. The van der Waals surface area contributed by atoms with Crippen LogP contribution in [0.2, 0.25) is 0 Å². The molecule has 35 heavy (non-hydrogen) atoms. The van der Waals surface area contributed by atoms with Crippen LogP contribution in [0, 0.1) is 20.2 Å². The molecular weight excluding hydrogens is 460 g/mol. The van der Waals surface area contributed by atoms with E-state index in [4.69, 9.17) is 4.74 Å². The molecule has 3 aromatic carbocycles. The number of nitro benzene ring substituents is 2. The number of phenolic OH excluding ortho intramolecular Hbond substituents is 2. The summed E-state index contributed by atoms with van der Waals surface area (Å²) in [6.07, 6.45) is 1.79. The summed E-state index contributed by atoms with van der Waals surface area (Å²) >= 11 is 0. The maximum atomic E-state index is 13.3. The Labute approximate surface area is 197 Å². The summed E-state index contributed by atoms with van der Waals surface area (Å²) in [7, 11) is 0. The number of carbonyl (C=O) groups is 2. The highest BCUT2D eigenvalue weighted by Crippen LogP contribution is 2.47. The number of ketones is 2. The van der Waals surface area contributed by atoms with Gasteiger partial charge in [-0.15, -0.1) is 0 Å². The molecule has 3 aromatic rings. The minimum Gasteiger partial charge on any atom is -0.507 e. The van der Waals surface area contributed by atoms with Crippen LogP contribution < -0.4 is 4.74 Å². The topological polar surface area (TPSA) is 170 Å². The van der Waals surface area contributed by atoms with E-state index in [1.807, 2.05) is 6.92 Å². The molecule has 0 saturated heterocycles. The van der Waals surface area contributed by atoms with Crippen molar-refractivity contribution in [3.05, 3.63) is 84.9 Å². The van der Waals surface area contributed by atoms with Crippen LogP contribution in [-0.4, -0.2) is 38.2 Å². The van der Waals surface area contributed by atoms with Gasteiger partial charge in [0, 0.05) is 17.7 Å². The molecule has 178 valence electrons. The summed E-state index contributed by atoms with van der Waals surface area (Å²) in [6.45, 7) is 2.51. The predicted molar refractivity (Wildman–Crippen MR) is 122 cm³/mol. The minimum absolute atomic E-state index is 0.106. The van der Waals surface area contributed by atoms with Crippen LogP contribution in [0.25, 0.3) is 11.1 Å². The smallest absolute Gasteiger partial charge is 0.282 e. The van der Waals surface area contributed by atoms with Gasteiger partial charge in [-0.2, -0.15) is 0 Å². The molecule has 0 unspecified atom stereocenters. The molecule has 4 rings (SSSR count). The van der Waals surface area contributed by atoms with Crippen LogP contribution in [0.3, 0.4) is 0 Å².